The minimum absolute atomic E-state index is 0.0185. The largest absolute Gasteiger partial charge is 0.481 e. The number of hydrogen-bond acceptors (Lipinski definition) is 6. The lowest BCUT2D eigenvalue weighted by atomic mass is 9.84. The molecule has 23 heavy (non-hydrogen) atoms. The predicted molar refractivity (Wildman–Crippen MR) is 85.2 cm³/mol. The van der Waals surface area contributed by atoms with Crippen LogP contribution in [0.3, 0.4) is 0 Å². The normalized spacial score (nSPS) is 27.2. The monoisotopic (exact) mass is 337 g/mol. The van der Waals surface area contributed by atoms with Gasteiger partial charge >= 0.3 is 5.97 Å². The average Bonchev–Trinajstić information content (AvgIpc) is 2.53. The summed E-state index contributed by atoms with van der Waals surface area (Å²) in [6, 6.07) is 1.70. The summed E-state index contributed by atoms with van der Waals surface area (Å²) in [5.41, 5.74) is 1.55. The summed E-state index contributed by atoms with van der Waals surface area (Å²) in [6.45, 7) is 0.466. The number of thioether (sulfide) groups is 1. The fourth-order valence-electron chi connectivity index (χ4n) is 2.97. The highest BCUT2D eigenvalue weighted by Gasteiger charge is 2.32. The van der Waals surface area contributed by atoms with Crippen molar-refractivity contribution in [2.75, 3.05) is 11.1 Å². The first-order chi connectivity index (χ1) is 11.0. The molecule has 2 heterocycles. The maximum atomic E-state index is 11.4. The van der Waals surface area contributed by atoms with Crippen LogP contribution in [-0.4, -0.2) is 45.0 Å². The number of amides is 1. The molecule has 3 rings (SSSR count). The molecule has 0 radical (unpaired) electrons. The standard InChI is InChI=1S/C15H19N3O4S/c19-12-3-8(15(21)22)1-2-10(12)17-5-9-4-11-13(6-16-9)23-7-14(20)18-11/h4,6,8,10,12,17,19H,1-3,5,7H2,(H,18,20)(H,21,22)/t8-,10-,12-/m0/s1. The number of carbonyl (C=O) groups is 2. The van der Waals surface area contributed by atoms with Crippen molar-refractivity contribution in [3.63, 3.8) is 0 Å². The second kappa shape index (κ2) is 6.86. The molecule has 1 fully saturated rings. The molecule has 1 aromatic rings. The summed E-state index contributed by atoms with van der Waals surface area (Å²) in [7, 11) is 0. The Hall–Kier alpha value is -1.64. The predicted octanol–water partition coefficient (Wildman–Crippen LogP) is 0.830. The van der Waals surface area contributed by atoms with Crippen molar-refractivity contribution < 1.29 is 19.8 Å². The first-order valence-corrected chi connectivity index (χ1v) is 8.57. The van der Waals surface area contributed by atoms with Gasteiger partial charge in [-0.1, -0.05) is 0 Å². The lowest BCUT2D eigenvalue weighted by molar-refractivity contribution is -0.144. The lowest BCUT2D eigenvalue weighted by Gasteiger charge is -2.31. The smallest absolute Gasteiger partial charge is 0.306 e. The van der Waals surface area contributed by atoms with Gasteiger partial charge in [-0.3, -0.25) is 14.6 Å². The molecule has 1 saturated carbocycles. The van der Waals surface area contributed by atoms with E-state index in [4.69, 9.17) is 5.11 Å². The van der Waals surface area contributed by atoms with Gasteiger partial charge in [0.05, 0.1) is 29.2 Å². The molecule has 1 aliphatic heterocycles. The highest BCUT2D eigenvalue weighted by Crippen LogP contribution is 2.31. The zero-order chi connectivity index (χ0) is 16.4. The molecule has 0 bridgehead atoms. The highest BCUT2D eigenvalue weighted by molar-refractivity contribution is 8.00. The second-order valence-electron chi connectivity index (χ2n) is 5.91. The topological polar surface area (TPSA) is 112 Å². The van der Waals surface area contributed by atoms with Gasteiger partial charge in [-0.25, -0.2) is 0 Å². The van der Waals surface area contributed by atoms with Gasteiger partial charge in [0.15, 0.2) is 0 Å². The number of rotatable bonds is 4. The maximum Gasteiger partial charge on any atom is 0.306 e. The molecule has 0 spiro atoms. The van der Waals surface area contributed by atoms with Gasteiger partial charge in [0.2, 0.25) is 5.91 Å². The Morgan fingerprint density at radius 1 is 1.48 bits per heavy atom. The number of aliphatic hydroxyl groups is 1. The molecule has 0 aromatic carbocycles. The van der Waals surface area contributed by atoms with E-state index >= 15 is 0 Å². The first kappa shape index (κ1) is 16.2. The molecule has 8 heteroatoms. The summed E-state index contributed by atoms with van der Waals surface area (Å²) in [5, 5.41) is 25.2. The van der Waals surface area contributed by atoms with E-state index in [9.17, 15) is 14.7 Å². The zero-order valence-corrected chi connectivity index (χ0v) is 13.3. The quantitative estimate of drug-likeness (QED) is 0.644. The zero-order valence-electron chi connectivity index (χ0n) is 12.5. The molecular formula is C15H19N3O4S. The number of carbonyl (C=O) groups excluding carboxylic acids is 1. The maximum absolute atomic E-state index is 11.4. The molecule has 1 amide bonds. The number of aliphatic carboxylic acids is 1. The number of pyridine rings is 1. The van der Waals surface area contributed by atoms with Crippen molar-refractivity contribution >= 4 is 29.3 Å². The van der Waals surface area contributed by atoms with E-state index in [1.165, 1.54) is 11.8 Å². The fourth-order valence-corrected chi connectivity index (χ4v) is 3.72. The average molecular weight is 337 g/mol. The fraction of sp³-hybridized carbons (Fsp3) is 0.533. The molecule has 3 atom stereocenters. The molecular weight excluding hydrogens is 318 g/mol. The van der Waals surface area contributed by atoms with E-state index in [0.29, 0.717) is 25.1 Å². The van der Waals surface area contributed by atoms with Crippen LogP contribution < -0.4 is 10.6 Å². The van der Waals surface area contributed by atoms with E-state index in [1.54, 1.807) is 6.20 Å². The lowest BCUT2D eigenvalue weighted by Crippen LogP contribution is -2.45. The second-order valence-corrected chi connectivity index (χ2v) is 6.93. The van der Waals surface area contributed by atoms with Crippen molar-refractivity contribution in [3.05, 3.63) is 18.0 Å². The number of hydrogen-bond donors (Lipinski definition) is 4. The Morgan fingerprint density at radius 3 is 3.04 bits per heavy atom. The Kier molecular flexibility index (Phi) is 4.84. The van der Waals surface area contributed by atoms with E-state index in [1.807, 2.05) is 6.07 Å². The molecule has 1 aliphatic carbocycles. The third-order valence-corrected chi connectivity index (χ3v) is 5.31. The van der Waals surface area contributed by atoms with Crippen LogP contribution in [0.15, 0.2) is 17.2 Å². The highest BCUT2D eigenvalue weighted by atomic mass is 32.2. The number of nitrogens with zero attached hydrogens (tertiary/aromatic N) is 1. The Bertz CT molecular complexity index is 625. The molecule has 2 aliphatic rings. The van der Waals surface area contributed by atoms with Gasteiger partial charge in [-0.2, -0.15) is 0 Å². The molecule has 1 aromatic heterocycles. The number of aliphatic hydroxyl groups excluding tert-OH is 1. The van der Waals surface area contributed by atoms with Crippen LogP contribution in [-0.2, 0) is 16.1 Å². The molecule has 0 unspecified atom stereocenters. The van der Waals surface area contributed by atoms with Gasteiger partial charge < -0.3 is 20.8 Å². The van der Waals surface area contributed by atoms with Gasteiger partial charge in [-0.05, 0) is 25.3 Å². The van der Waals surface area contributed by atoms with Crippen molar-refractivity contribution in [1.82, 2.24) is 10.3 Å². The molecule has 124 valence electrons. The van der Waals surface area contributed by atoms with Crippen LogP contribution in [0.4, 0.5) is 5.69 Å². The van der Waals surface area contributed by atoms with Crippen molar-refractivity contribution in [3.8, 4) is 0 Å². The van der Waals surface area contributed by atoms with Crippen LogP contribution in [0.1, 0.15) is 25.0 Å². The summed E-state index contributed by atoms with van der Waals surface area (Å²) in [5.74, 6) is -0.912. The number of carboxylic acids is 1. The molecule has 7 nitrogen and oxygen atoms in total. The Morgan fingerprint density at radius 2 is 2.30 bits per heavy atom. The van der Waals surface area contributed by atoms with Crippen molar-refractivity contribution in [1.29, 1.82) is 0 Å². The minimum Gasteiger partial charge on any atom is -0.481 e. The molecule has 0 saturated heterocycles. The summed E-state index contributed by atoms with van der Waals surface area (Å²) < 4.78 is 0. The summed E-state index contributed by atoms with van der Waals surface area (Å²) in [6.07, 6.45) is 2.54. The van der Waals surface area contributed by atoms with Crippen LogP contribution in [0.25, 0.3) is 0 Å². The number of aromatic nitrogens is 1. The van der Waals surface area contributed by atoms with Crippen LogP contribution in [0.2, 0.25) is 0 Å². The minimum atomic E-state index is -0.841. The van der Waals surface area contributed by atoms with Gasteiger partial charge in [0, 0.05) is 23.7 Å². The Balaban J connectivity index is 1.58. The number of nitrogens with one attached hydrogen (secondary N) is 2. The van der Waals surface area contributed by atoms with Crippen LogP contribution in [0.5, 0.6) is 0 Å². The SMILES string of the molecule is O=C1CSc2cnc(CN[C@H]3CC[C@H](C(=O)O)C[C@@H]3O)cc2N1. The third-order valence-electron chi connectivity index (χ3n) is 4.27. The molecule has 4 N–H and O–H groups in total. The van der Waals surface area contributed by atoms with Gasteiger partial charge in [0.1, 0.15) is 0 Å². The number of anilines is 1. The number of carboxylic acid groups (broad SMARTS) is 1. The van der Waals surface area contributed by atoms with Gasteiger partial charge in [-0.15, -0.1) is 11.8 Å². The summed E-state index contributed by atoms with van der Waals surface area (Å²) in [4.78, 5) is 27.7. The van der Waals surface area contributed by atoms with Gasteiger partial charge in [0.25, 0.3) is 0 Å². The van der Waals surface area contributed by atoms with Crippen molar-refractivity contribution in [2.45, 2.75) is 42.8 Å². The third kappa shape index (κ3) is 3.82. The van der Waals surface area contributed by atoms with E-state index in [-0.39, 0.29) is 18.4 Å². The Labute approximate surface area is 137 Å². The first-order valence-electron chi connectivity index (χ1n) is 7.59. The van der Waals surface area contributed by atoms with Crippen LogP contribution >= 0.6 is 11.8 Å². The van der Waals surface area contributed by atoms with Crippen molar-refractivity contribution in [2.24, 2.45) is 5.92 Å². The van der Waals surface area contributed by atoms with E-state index in [2.05, 4.69) is 15.6 Å². The van der Waals surface area contributed by atoms with E-state index in [0.717, 1.165) is 16.3 Å². The summed E-state index contributed by atoms with van der Waals surface area (Å²) >= 11 is 1.46. The van der Waals surface area contributed by atoms with Crippen LogP contribution in [0, 0.1) is 5.92 Å². The van der Waals surface area contributed by atoms with E-state index < -0.39 is 18.0 Å². The number of fused-ring (bicyclic) bond motifs is 1.